The summed E-state index contributed by atoms with van der Waals surface area (Å²) in [6.07, 6.45) is 0. The van der Waals surface area contributed by atoms with Crippen LogP contribution in [0.5, 0.6) is 0 Å². The van der Waals surface area contributed by atoms with Crippen LogP contribution in [-0.4, -0.2) is 5.78 Å². The minimum Gasteiger partial charge on any atom is -0.466 e. The maximum Gasteiger partial charge on any atom is 0.197 e. The van der Waals surface area contributed by atoms with Crippen LogP contribution in [0.2, 0.25) is 0 Å². The summed E-state index contributed by atoms with van der Waals surface area (Å²) in [5, 5.41) is 1.99. The summed E-state index contributed by atoms with van der Waals surface area (Å²) in [5.41, 5.74) is 2.31. The van der Waals surface area contributed by atoms with E-state index in [0.29, 0.717) is 16.9 Å². The van der Waals surface area contributed by atoms with Crippen molar-refractivity contribution in [3.8, 4) is 0 Å². The summed E-state index contributed by atoms with van der Waals surface area (Å²) >= 11 is 3.54. The number of carbonyl (C=O) groups excluding carboxylic acids is 1. The molecule has 0 bridgehead atoms. The number of furan rings is 1. The molecule has 0 unspecified atom stereocenters. The summed E-state index contributed by atoms with van der Waals surface area (Å²) in [7, 11) is 0. The number of fused-ring (bicyclic) bond motifs is 1. The van der Waals surface area contributed by atoms with E-state index in [2.05, 4.69) is 15.9 Å². The van der Waals surface area contributed by atoms with Crippen molar-refractivity contribution in [2.75, 3.05) is 0 Å². The Morgan fingerprint density at radius 2 is 1.62 bits per heavy atom. The van der Waals surface area contributed by atoms with Gasteiger partial charge in [-0.1, -0.05) is 40.2 Å². The van der Waals surface area contributed by atoms with E-state index in [-0.39, 0.29) is 5.78 Å². The number of hydrogen-bond acceptors (Lipinski definition) is 2. The lowest BCUT2D eigenvalue weighted by molar-refractivity contribution is 0.103. The Bertz CT molecular complexity index is 859. The van der Waals surface area contributed by atoms with Gasteiger partial charge < -0.3 is 4.42 Å². The standard InChI is InChI=1S/C18H15BrO2/c1-10-11(2)21-12(3)17(10)18(20)15-8-9-16(19)14-7-5-4-6-13(14)15/h4-9H,1-3H3. The molecule has 0 aliphatic heterocycles. The van der Waals surface area contributed by atoms with E-state index >= 15 is 0 Å². The molecule has 0 aliphatic carbocycles. The molecule has 1 heterocycles. The SMILES string of the molecule is Cc1oc(C)c(C(=O)c2ccc(Br)c3ccccc23)c1C. The Balaban J connectivity index is 2.26. The molecule has 21 heavy (non-hydrogen) atoms. The molecule has 0 spiro atoms. The maximum absolute atomic E-state index is 13.0. The number of rotatable bonds is 2. The van der Waals surface area contributed by atoms with E-state index in [0.717, 1.165) is 26.6 Å². The van der Waals surface area contributed by atoms with E-state index in [1.165, 1.54) is 0 Å². The van der Waals surface area contributed by atoms with Crippen LogP contribution in [0, 0.1) is 20.8 Å². The smallest absolute Gasteiger partial charge is 0.197 e. The quantitative estimate of drug-likeness (QED) is 0.587. The number of hydrogen-bond donors (Lipinski definition) is 0. The van der Waals surface area contributed by atoms with Crippen LogP contribution >= 0.6 is 15.9 Å². The highest BCUT2D eigenvalue weighted by Gasteiger charge is 2.21. The van der Waals surface area contributed by atoms with Crippen molar-refractivity contribution in [3.05, 3.63) is 69.1 Å². The van der Waals surface area contributed by atoms with E-state index in [9.17, 15) is 4.79 Å². The lowest BCUT2D eigenvalue weighted by atomic mass is 9.95. The van der Waals surface area contributed by atoms with Gasteiger partial charge in [-0.05, 0) is 43.7 Å². The zero-order valence-corrected chi connectivity index (χ0v) is 13.7. The Labute approximate surface area is 131 Å². The first-order valence-electron chi connectivity index (χ1n) is 6.79. The van der Waals surface area contributed by atoms with E-state index in [1.807, 2.05) is 57.2 Å². The van der Waals surface area contributed by atoms with Crippen molar-refractivity contribution in [1.29, 1.82) is 0 Å². The zero-order chi connectivity index (χ0) is 15.1. The van der Waals surface area contributed by atoms with Crippen LogP contribution in [0.15, 0.2) is 45.3 Å². The van der Waals surface area contributed by atoms with Crippen LogP contribution in [0.3, 0.4) is 0 Å². The zero-order valence-electron chi connectivity index (χ0n) is 12.2. The fourth-order valence-electron chi connectivity index (χ4n) is 2.72. The minimum atomic E-state index is 0.0190. The van der Waals surface area contributed by atoms with Crippen LogP contribution in [0.25, 0.3) is 10.8 Å². The predicted octanol–water partition coefficient (Wildman–Crippen LogP) is 5.35. The van der Waals surface area contributed by atoms with Crippen molar-refractivity contribution < 1.29 is 9.21 Å². The van der Waals surface area contributed by atoms with Crippen LogP contribution < -0.4 is 0 Å². The van der Waals surface area contributed by atoms with Crippen molar-refractivity contribution in [1.82, 2.24) is 0 Å². The number of aryl methyl sites for hydroxylation is 2. The summed E-state index contributed by atoms with van der Waals surface area (Å²) in [4.78, 5) is 13.0. The molecule has 0 radical (unpaired) electrons. The Kier molecular flexibility index (Phi) is 3.46. The lowest BCUT2D eigenvalue weighted by Gasteiger charge is -2.08. The van der Waals surface area contributed by atoms with Crippen molar-refractivity contribution >= 4 is 32.5 Å². The maximum atomic E-state index is 13.0. The Morgan fingerprint density at radius 3 is 2.24 bits per heavy atom. The summed E-state index contributed by atoms with van der Waals surface area (Å²) in [6.45, 7) is 5.66. The van der Waals surface area contributed by atoms with Gasteiger partial charge in [0.25, 0.3) is 0 Å². The van der Waals surface area contributed by atoms with Crippen molar-refractivity contribution in [2.24, 2.45) is 0 Å². The van der Waals surface area contributed by atoms with Gasteiger partial charge in [-0.3, -0.25) is 4.79 Å². The van der Waals surface area contributed by atoms with Gasteiger partial charge in [-0.2, -0.15) is 0 Å². The number of benzene rings is 2. The molecule has 1 aromatic heterocycles. The first kappa shape index (κ1) is 14.1. The number of ketones is 1. The molecule has 106 valence electrons. The fourth-order valence-corrected chi connectivity index (χ4v) is 3.20. The lowest BCUT2D eigenvalue weighted by Crippen LogP contribution is -2.04. The third-order valence-corrected chi connectivity index (χ3v) is 4.60. The van der Waals surface area contributed by atoms with Gasteiger partial charge in [-0.25, -0.2) is 0 Å². The van der Waals surface area contributed by atoms with Crippen LogP contribution in [0.1, 0.15) is 33.0 Å². The van der Waals surface area contributed by atoms with Gasteiger partial charge in [0.2, 0.25) is 0 Å². The average molecular weight is 343 g/mol. The number of carbonyl (C=O) groups is 1. The van der Waals surface area contributed by atoms with Gasteiger partial charge in [0.15, 0.2) is 5.78 Å². The predicted molar refractivity (Wildman–Crippen MR) is 88.0 cm³/mol. The Morgan fingerprint density at radius 1 is 0.952 bits per heavy atom. The molecule has 3 heteroatoms. The van der Waals surface area contributed by atoms with Gasteiger partial charge in [0.1, 0.15) is 11.5 Å². The molecular formula is C18H15BrO2. The third kappa shape index (κ3) is 2.22. The first-order chi connectivity index (χ1) is 10.0. The molecule has 0 N–H and O–H groups in total. The highest BCUT2D eigenvalue weighted by Crippen LogP contribution is 2.30. The van der Waals surface area contributed by atoms with Crippen molar-refractivity contribution in [2.45, 2.75) is 20.8 Å². The molecule has 3 rings (SSSR count). The first-order valence-corrected chi connectivity index (χ1v) is 7.58. The average Bonchev–Trinajstić information content (AvgIpc) is 2.72. The molecular weight excluding hydrogens is 328 g/mol. The van der Waals surface area contributed by atoms with E-state index in [4.69, 9.17) is 4.42 Å². The van der Waals surface area contributed by atoms with Crippen molar-refractivity contribution in [3.63, 3.8) is 0 Å². The topological polar surface area (TPSA) is 30.2 Å². The third-order valence-electron chi connectivity index (χ3n) is 3.90. The molecule has 0 saturated carbocycles. The molecule has 0 amide bonds. The normalized spacial score (nSPS) is 11.0. The van der Waals surface area contributed by atoms with Gasteiger partial charge >= 0.3 is 0 Å². The van der Waals surface area contributed by atoms with Crippen LogP contribution in [0.4, 0.5) is 0 Å². The molecule has 3 aromatic rings. The van der Waals surface area contributed by atoms with Gasteiger partial charge in [-0.15, -0.1) is 0 Å². The number of halogens is 1. The molecule has 0 saturated heterocycles. The summed E-state index contributed by atoms with van der Waals surface area (Å²) < 4.78 is 6.59. The van der Waals surface area contributed by atoms with E-state index in [1.54, 1.807) is 0 Å². The minimum absolute atomic E-state index is 0.0190. The summed E-state index contributed by atoms with van der Waals surface area (Å²) in [5.74, 6) is 1.50. The monoisotopic (exact) mass is 342 g/mol. The molecule has 0 atom stereocenters. The van der Waals surface area contributed by atoms with Gasteiger partial charge in [0, 0.05) is 15.6 Å². The highest BCUT2D eigenvalue weighted by molar-refractivity contribution is 9.10. The fraction of sp³-hybridized carbons (Fsp3) is 0.167. The van der Waals surface area contributed by atoms with E-state index < -0.39 is 0 Å². The second kappa shape index (κ2) is 5.15. The molecule has 0 aliphatic rings. The molecule has 0 fully saturated rings. The van der Waals surface area contributed by atoms with Crippen LogP contribution in [-0.2, 0) is 0 Å². The second-order valence-corrected chi connectivity index (χ2v) is 6.04. The van der Waals surface area contributed by atoms with Gasteiger partial charge in [0.05, 0.1) is 5.56 Å². The molecule has 2 aromatic carbocycles. The largest absolute Gasteiger partial charge is 0.466 e. The molecule has 2 nitrogen and oxygen atoms in total. The Hall–Kier alpha value is -1.87. The second-order valence-electron chi connectivity index (χ2n) is 5.18. The highest BCUT2D eigenvalue weighted by atomic mass is 79.9. The summed E-state index contributed by atoms with van der Waals surface area (Å²) in [6, 6.07) is 11.7.